The van der Waals surface area contributed by atoms with Gasteiger partial charge in [-0.05, 0) is 78.7 Å². The Morgan fingerprint density at radius 3 is 2.41 bits per heavy atom. The highest BCUT2D eigenvalue weighted by Gasteiger charge is 2.27. The van der Waals surface area contributed by atoms with Crippen LogP contribution in [0.2, 0.25) is 0 Å². The van der Waals surface area contributed by atoms with E-state index in [9.17, 15) is 18.3 Å². The largest absolute Gasteiger partial charge is 0.508 e. The standard InChI is InChI=1S/C20H22N6O4S2/c1-14(31-20-22-23-24-26(20)16-6-8-17(27)9-7-16)19(28)21-15-4-10-18(11-5-15)32(29,30)25-12-2-3-13-25/h4-11,14,27H,2-3,12-13H2,1H3,(H,21,28). The maximum atomic E-state index is 12.7. The van der Waals surface area contributed by atoms with Crippen LogP contribution in [0, 0.1) is 0 Å². The molecule has 1 amide bonds. The zero-order valence-corrected chi connectivity index (χ0v) is 18.9. The van der Waals surface area contributed by atoms with E-state index < -0.39 is 15.3 Å². The Kier molecular flexibility index (Phi) is 6.44. The first-order valence-electron chi connectivity index (χ1n) is 10.00. The molecular weight excluding hydrogens is 452 g/mol. The number of nitrogens with one attached hydrogen (secondary N) is 1. The Bertz CT molecular complexity index is 1190. The third kappa shape index (κ3) is 4.76. The van der Waals surface area contributed by atoms with Gasteiger partial charge in [-0.3, -0.25) is 4.79 Å². The second-order valence-corrected chi connectivity index (χ2v) is 10.5. The van der Waals surface area contributed by atoms with E-state index in [1.54, 1.807) is 31.2 Å². The van der Waals surface area contributed by atoms with Gasteiger partial charge in [-0.1, -0.05) is 11.8 Å². The first-order chi connectivity index (χ1) is 15.3. The molecule has 32 heavy (non-hydrogen) atoms. The highest BCUT2D eigenvalue weighted by molar-refractivity contribution is 8.00. The number of aromatic nitrogens is 4. The van der Waals surface area contributed by atoms with Gasteiger partial charge in [0, 0.05) is 18.8 Å². The number of rotatable bonds is 7. The molecule has 1 unspecified atom stereocenters. The van der Waals surface area contributed by atoms with E-state index in [4.69, 9.17) is 0 Å². The highest BCUT2D eigenvalue weighted by atomic mass is 32.2. The minimum Gasteiger partial charge on any atom is -0.508 e. The second kappa shape index (κ2) is 9.27. The van der Waals surface area contributed by atoms with E-state index in [1.807, 2.05) is 0 Å². The average Bonchev–Trinajstić information content (AvgIpc) is 3.47. The molecule has 12 heteroatoms. The van der Waals surface area contributed by atoms with Crippen molar-refractivity contribution in [2.75, 3.05) is 18.4 Å². The number of hydrogen-bond acceptors (Lipinski definition) is 8. The van der Waals surface area contributed by atoms with Gasteiger partial charge in [-0.2, -0.15) is 8.99 Å². The number of sulfonamides is 1. The van der Waals surface area contributed by atoms with Crippen LogP contribution in [0.15, 0.2) is 58.6 Å². The van der Waals surface area contributed by atoms with E-state index in [-0.39, 0.29) is 16.6 Å². The number of carbonyl (C=O) groups excluding carboxylic acids is 1. The molecule has 2 aromatic carbocycles. The first kappa shape index (κ1) is 22.2. The van der Waals surface area contributed by atoms with Crippen molar-refractivity contribution in [3.63, 3.8) is 0 Å². The highest BCUT2D eigenvalue weighted by Crippen LogP contribution is 2.26. The Hall–Kier alpha value is -2.96. The molecule has 0 saturated carbocycles. The molecule has 2 N–H and O–H groups in total. The lowest BCUT2D eigenvalue weighted by Crippen LogP contribution is -2.27. The molecule has 1 atom stereocenters. The molecule has 168 valence electrons. The van der Waals surface area contributed by atoms with Crippen molar-refractivity contribution in [2.45, 2.75) is 35.1 Å². The van der Waals surface area contributed by atoms with Crippen LogP contribution in [-0.2, 0) is 14.8 Å². The molecule has 0 bridgehead atoms. The smallest absolute Gasteiger partial charge is 0.243 e. The number of thioether (sulfide) groups is 1. The number of aromatic hydroxyl groups is 1. The molecule has 1 fully saturated rings. The summed E-state index contributed by atoms with van der Waals surface area (Å²) in [6.45, 7) is 2.81. The molecule has 1 aliphatic heterocycles. The minimum atomic E-state index is -3.49. The summed E-state index contributed by atoms with van der Waals surface area (Å²) in [5, 5.41) is 23.7. The first-order valence-corrected chi connectivity index (χ1v) is 12.3. The van der Waals surface area contributed by atoms with Gasteiger partial charge >= 0.3 is 0 Å². The van der Waals surface area contributed by atoms with E-state index in [0.717, 1.165) is 12.8 Å². The van der Waals surface area contributed by atoms with Crippen molar-refractivity contribution in [2.24, 2.45) is 0 Å². The predicted molar refractivity (Wildman–Crippen MR) is 119 cm³/mol. The van der Waals surface area contributed by atoms with Crippen LogP contribution in [0.3, 0.4) is 0 Å². The lowest BCUT2D eigenvalue weighted by atomic mass is 10.3. The van der Waals surface area contributed by atoms with Crippen LogP contribution < -0.4 is 5.32 Å². The molecule has 10 nitrogen and oxygen atoms in total. The third-order valence-corrected chi connectivity index (χ3v) is 7.96. The zero-order valence-electron chi connectivity index (χ0n) is 17.2. The van der Waals surface area contributed by atoms with Gasteiger partial charge in [-0.25, -0.2) is 8.42 Å². The van der Waals surface area contributed by atoms with Gasteiger partial charge in [0.2, 0.25) is 21.1 Å². The molecule has 3 aromatic rings. The van der Waals surface area contributed by atoms with Gasteiger partial charge < -0.3 is 10.4 Å². The third-order valence-electron chi connectivity index (χ3n) is 5.01. The summed E-state index contributed by atoms with van der Waals surface area (Å²) < 4.78 is 28.2. The van der Waals surface area contributed by atoms with E-state index in [2.05, 4.69) is 20.8 Å². The molecule has 1 aliphatic rings. The van der Waals surface area contributed by atoms with Crippen LogP contribution in [0.1, 0.15) is 19.8 Å². The van der Waals surface area contributed by atoms with E-state index >= 15 is 0 Å². The molecule has 4 rings (SSSR count). The summed E-state index contributed by atoms with van der Waals surface area (Å²) >= 11 is 1.18. The summed E-state index contributed by atoms with van der Waals surface area (Å²) in [7, 11) is -3.49. The summed E-state index contributed by atoms with van der Waals surface area (Å²) in [5.41, 5.74) is 1.15. The van der Waals surface area contributed by atoms with Crippen molar-refractivity contribution < 1.29 is 18.3 Å². The Morgan fingerprint density at radius 1 is 1.09 bits per heavy atom. The molecule has 1 aromatic heterocycles. The SMILES string of the molecule is CC(Sc1nnnn1-c1ccc(O)cc1)C(=O)Nc1ccc(S(=O)(=O)N2CCCC2)cc1. The molecule has 0 aliphatic carbocycles. The Labute approximate surface area is 189 Å². The number of phenolic OH excluding ortho intramolecular Hbond substituents is 1. The van der Waals surface area contributed by atoms with Crippen molar-refractivity contribution >= 4 is 33.4 Å². The fourth-order valence-electron chi connectivity index (χ4n) is 3.25. The number of amides is 1. The van der Waals surface area contributed by atoms with Crippen molar-refractivity contribution in [1.82, 2.24) is 24.5 Å². The quantitative estimate of drug-likeness (QED) is 0.499. The molecule has 0 spiro atoms. The number of hydrogen-bond donors (Lipinski definition) is 2. The average molecular weight is 475 g/mol. The molecular formula is C20H22N6O4S2. The van der Waals surface area contributed by atoms with Gasteiger partial charge in [0.05, 0.1) is 15.8 Å². The van der Waals surface area contributed by atoms with Crippen LogP contribution >= 0.6 is 11.8 Å². The summed E-state index contributed by atoms with van der Waals surface area (Å²) in [6, 6.07) is 12.6. The van der Waals surface area contributed by atoms with Gasteiger partial charge in [0.1, 0.15) is 5.75 Å². The number of carbonyl (C=O) groups is 1. The second-order valence-electron chi connectivity index (χ2n) is 7.27. The fraction of sp³-hybridized carbons (Fsp3) is 0.300. The fourth-order valence-corrected chi connectivity index (χ4v) is 5.58. The topological polar surface area (TPSA) is 130 Å². The van der Waals surface area contributed by atoms with Crippen molar-refractivity contribution in [3.05, 3.63) is 48.5 Å². The van der Waals surface area contributed by atoms with Crippen LogP contribution in [0.25, 0.3) is 5.69 Å². The minimum absolute atomic E-state index is 0.128. The maximum Gasteiger partial charge on any atom is 0.243 e. The van der Waals surface area contributed by atoms with Crippen molar-refractivity contribution in [3.8, 4) is 11.4 Å². The van der Waals surface area contributed by atoms with Crippen molar-refractivity contribution in [1.29, 1.82) is 0 Å². The number of anilines is 1. The number of nitrogens with zero attached hydrogens (tertiary/aromatic N) is 5. The molecule has 2 heterocycles. The lowest BCUT2D eigenvalue weighted by Gasteiger charge is -2.16. The van der Waals surface area contributed by atoms with Crippen LogP contribution in [0.5, 0.6) is 5.75 Å². The van der Waals surface area contributed by atoms with Gasteiger partial charge in [0.15, 0.2) is 0 Å². The number of phenols is 1. The molecule has 1 saturated heterocycles. The molecule has 0 radical (unpaired) electrons. The normalized spacial score (nSPS) is 15.5. The van der Waals surface area contributed by atoms with Crippen LogP contribution in [0.4, 0.5) is 5.69 Å². The van der Waals surface area contributed by atoms with E-state index in [1.165, 1.54) is 45.0 Å². The summed E-state index contributed by atoms with van der Waals surface area (Å²) in [5.74, 6) is -0.145. The van der Waals surface area contributed by atoms with Crippen LogP contribution in [-0.4, -0.2) is 62.3 Å². The van der Waals surface area contributed by atoms with Gasteiger partial charge in [0.25, 0.3) is 0 Å². The zero-order chi connectivity index (χ0) is 22.7. The Balaban J connectivity index is 1.40. The number of benzene rings is 2. The maximum absolute atomic E-state index is 12.7. The monoisotopic (exact) mass is 474 g/mol. The Morgan fingerprint density at radius 2 is 1.75 bits per heavy atom. The predicted octanol–water partition coefficient (Wildman–Crippen LogP) is 2.27. The lowest BCUT2D eigenvalue weighted by molar-refractivity contribution is -0.115. The summed E-state index contributed by atoms with van der Waals surface area (Å²) in [6.07, 6.45) is 1.75. The summed E-state index contributed by atoms with van der Waals surface area (Å²) in [4.78, 5) is 12.9. The van der Waals surface area contributed by atoms with E-state index in [0.29, 0.717) is 29.6 Å². The number of tetrazole rings is 1. The van der Waals surface area contributed by atoms with Gasteiger partial charge in [-0.15, -0.1) is 5.10 Å².